The van der Waals surface area contributed by atoms with Crippen LogP contribution in [0.25, 0.3) is 0 Å². The summed E-state index contributed by atoms with van der Waals surface area (Å²) in [5.41, 5.74) is 1.28. The zero-order valence-corrected chi connectivity index (χ0v) is 11.8. The smallest absolute Gasteiger partial charge is 0.119 e. The van der Waals surface area contributed by atoms with Gasteiger partial charge in [-0.3, -0.25) is 0 Å². The van der Waals surface area contributed by atoms with Gasteiger partial charge >= 0.3 is 0 Å². The minimum Gasteiger partial charge on any atom is -0.494 e. The summed E-state index contributed by atoms with van der Waals surface area (Å²) >= 11 is 1.90. The van der Waals surface area contributed by atoms with Crippen molar-refractivity contribution >= 4 is 11.8 Å². The quantitative estimate of drug-likeness (QED) is 0.768. The highest BCUT2D eigenvalue weighted by molar-refractivity contribution is 7.98. The van der Waals surface area contributed by atoms with E-state index in [4.69, 9.17) is 4.74 Å². The van der Waals surface area contributed by atoms with Crippen LogP contribution in [-0.4, -0.2) is 24.7 Å². The monoisotopic (exact) mass is 253 g/mol. The Morgan fingerprint density at radius 3 is 2.94 bits per heavy atom. The Morgan fingerprint density at radius 2 is 2.24 bits per heavy atom. The minimum absolute atomic E-state index is 0.568. The summed E-state index contributed by atoms with van der Waals surface area (Å²) in [6, 6.07) is 8.87. The highest BCUT2D eigenvalue weighted by atomic mass is 32.2. The molecule has 1 aromatic carbocycles. The first-order valence-electron chi connectivity index (χ1n) is 6.20. The second kappa shape index (κ2) is 8.43. The number of hydrogen-bond acceptors (Lipinski definition) is 3. The number of rotatable bonds is 8. The van der Waals surface area contributed by atoms with E-state index in [2.05, 4.69) is 36.7 Å². The zero-order valence-electron chi connectivity index (χ0n) is 11.0. The number of ether oxygens (including phenoxy) is 1. The Morgan fingerprint density at radius 1 is 1.41 bits per heavy atom. The van der Waals surface area contributed by atoms with Gasteiger partial charge in [0.25, 0.3) is 0 Å². The average molecular weight is 253 g/mol. The summed E-state index contributed by atoms with van der Waals surface area (Å²) in [7, 11) is 0. The summed E-state index contributed by atoms with van der Waals surface area (Å²) in [5.74, 6) is 2.18. The fourth-order valence-electron chi connectivity index (χ4n) is 1.60. The Hall–Kier alpha value is -0.670. The third kappa shape index (κ3) is 5.99. The van der Waals surface area contributed by atoms with Gasteiger partial charge in [0.15, 0.2) is 0 Å². The van der Waals surface area contributed by atoms with Crippen LogP contribution in [0.15, 0.2) is 24.3 Å². The molecular formula is C14H23NOS. The second-order valence-electron chi connectivity index (χ2n) is 4.14. The minimum atomic E-state index is 0.568. The van der Waals surface area contributed by atoms with Crippen molar-refractivity contribution in [3.8, 4) is 5.75 Å². The van der Waals surface area contributed by atoms with Crippen molar-refractivity contribution in [2.24, 2.45) is 0 Å². The summed E-state index contributed by atoms with van der Waals surface area (Å²) in [6.07, 6.45) is 3.37. The van der Waals surface area contributed by atoms with Crippen LogP contribution in [-0.2, 0) is 6.54 Å². The molecule has 0 saturated carbocycles. The van der Waals surface area contributed by atoms with E-state index in [0.29, 0.717) is 6.04 Å². The fourth-order valence-corrected chi connectivity index (χ4v) is 2.19. The molecular weight excluding hydrogens is 230 g/mol. The molecule has 1 unspecified atom stereocenters. The molecule has 0 fully saturated rings. The van der Waals surface area contributed by atoms with Crippen molar-refractivity contribution in [3.05, 3.63) is 29.8 Å². The first kappa shape index (κ1) is 14.4. The summed E-state index contributed by atoms with van der Waals surface area (Å²) in [6.45, 7) is 5.88. The van der Waals surface area contributed by atoms with E-state index in [1.54, 1.807) is 0 Å². The van der Waals surface area contributed by atoms with Gasteiger partial charge in [-0.25, -0.2) is 0 Å². The summed E-state index contributed by atoms with van der Waals surface area (Å²) in [5, 5.41) is 3.53. The van der Waals surface area contributed by atoms with Gasteiger partial charge in [-0.05, 0) is 50.0 Å². The first-order chi connectivity index (χ1) is 8.26. The largest absolute Gasteiger partial charge is 0.494 e. The summed E-state index contributed by atoms with van der Waals surface area (Å²) < 4.78 is 5.49. The van der Waals surface area contributed by atoms with E-state index >= 15 is 0 Å². The molecule has 0 aliphatic heterocycles. The molecule has 0 saturated heterocycles. The number of hydrogen-bond donors (Lipinski definition) is 1. The predicted octanol–water partition coefficient (Wildman–Crippen LogP) is 3.32. The predicted molar refractivity (Wildman–Crippen MR) is 76.9 cm³/mol. The molecule has 1 aromatic rings. The lowest BCUT2D eigenvalue weighted by Gasteiger charge is -2.13. The van der Waals surface area contributed by atoms with Crippen molar-refractivity contribution in [2.75, 3.05) is 18.6 Å². The van der Waals surface area contributed by atoms with Crippen molar-refractivity contribution in [1.29, 1.82) is 0 Å². The zero-order chi connectivity index (χ0) is 12.5. The first-order valence-corrected chi connectivity index (χ1v) is 7.59. The van der Waals surface area contributed by atoms with Crippen molar-refractivity contribution in [1.82, 2.24) is 5.32 Å². The van der Waals surface area contributed by atoms with E-state index in [0.717, 1.165) is 18.9 Å². The van der Waals surface area contributed by atoms with Crippen molar-refractivity contribution in [3.63, 3.8) is 0 Å². The van der Waals surface area contributed by atoms with Gasteiger partial charge in [-0.15, -0.1) is 0 Å². The van der Waals surface area contributed by atoms with Crippen LogP contribution in [0.1, 0.15) is 25.8 Å². The average Bonchev–Trinajstić information content (AvgIpc) is 2.35. The third-order valence-corrected chi connectivity index (χ3v) is 3.26. The van der Waals surface area contributed by atoms with Gasteiger partial charge < -0.3 is 10.1 Å². The van der Waals surface area contributed by atoms with E-state index in [-0.39, 0.29) is 0 Å². The third-order valence-electron chi connectivity index (χ3n) is 2.62. The molecule has 1 N–H and O–H groups in total. The molecule has 1 rings (SSSR count). The lowest BCUT2D eigenvalue weighted by atomic mass is 10.2. The molecule has 3 heteroatoms. The lowest BCUT2D eigenvalue weighted by molar-refractivity contribution is 0.339. The number of benzene rings is 1. The standard InChI is InChI=1S/C14H23NOS/c1-4-16-14-7-5-6-13(10-14)11-15-12(2)8-9-17-3/h5-7,10,12,15H,4,8-9,11H2,1-3H3. The maximum atomic E-state index is 5.49. The van der Waals surface area contributed by atoms with Crippen LogP contribution in [0, 0.1) is 0 Å². The molecule has 96 valence electrons. The van der Waals surface area contributed by atoms with Crippen LogP contribution < -0.4 is 10.1 Å². The van der Waals surface area contributed by atoms with Gasteiger partial charge in [-0.2, -0.15) is 11.8 Å². The van der Waals surface area contributed by atoms with Gasteiger partial charge in [0.2, 0.25) is 0 Å². The van der Waals surface area contributed by atoms with Crippen LogP contribution in [0.3, 0.4) is 0 Å². The van der Waals surface area contributed by atoms with Crippen LogP contribution in [0.4, 0.5) is 0 Å². The molecule has 17 heavy (non-hydrogen) atoms. The van der Waals surface area contributed by atoms with Crippen LogP contribution in [0.2, 0.25) is 0 Å². The second-order valence-corrected chi connectivity index (χ2v) is 5.13. The molecule has 0 aromatic heterocycles. The molecule has 0 bridgehead atoms. The maximum Gasteiger partial charge on any atom is 0.119 e. The molecule has 0 radical (unpaired) electrons. The van der Waals surface area contributed by atoms with E-state index < -0.39 is 0 Å². The number of nitrogens with one attached hydrogen (secondary N) is 1. The molecule has 0 heterocycles. The molecule has 0 aliphatic carbocycles. The van der Waals surface area contributed by atoms with Crippen molar-refractivity contribution in [2.45, 2.75) is 32.9 Å². The van der Waals surface area contributed by atoms with E-state index in [9.17, 15) is 0 Å². The van der Waals surface area contributed by atoms with Crippen LogP contribution >= 0.6 is 11.8 Å². The summed E-state index contributed by atoms with van der Waals surface area (Å²) in [4.78, 5) is 0. The normalized spacial score (nSPS) is 12.4. The fraction of sp³-hybridized carbons (Fsp3) is 0.571. The van der Waals surface area contributed by atoms with Gasteiger partial charge in [0.05, 0.1) is 6.61 Å². The van der Waals surface area contributed by atoms with E-state index in [1.807, 2.05) is 24.8 Å². The molecule has 0 amide bonds. The molecule has 0 aliphatic rings. The maximum absolute atomic E-state index is 5.49. The Bertz CT molecular complexity index is 317. The molecule has 0 spiro atoms. The van der Waals surface area contributed by atoms with Crippen molar-refractivity contribution < 1.29 is 4.74 Å². The SMILES string of the molecule is CCOc1cccc(CNC(C)CCSC)c1. The van der Waals surface area contributed by atoms with Gasteiger partial charge in [-0.1, -0.05) is 12.1 Å². The lowest BCUT2D eigenvalue weighted by Crippen LogP contribution is -2.25. The number of thioether (sulfide) groups is 1. The highest BCUT2D eigenvalue weighted by Gasteiger charge is 2.01. The topological polar surface area (TPSA) is 21.3 Å². The van der Waals surface area contributed by atoms with Gasteiger partial charge in [0, 0.05) is 12.6 Å². The van der Waals surface area contributed by atoms with E-state index in [1.165, 1.54) is 17.7 Å². The Labute approximate surface area is 109 Å². The molecule has 1 atom stereocenters. The molecule has 2 nitrogen and oxygen atoms in total. The Balaban J connectivity index is 2.37. The van der Waals surface area contributed by atoms with Gasteiger partial charge in [0.1, 0.15) is 5.75 Å². The Kier molecular flexibility index (Phi) is 7.13. The highest BCUT2D eigenvalue weighted by Crippen LogP contribution is 2.13. The van der Waals surface area contributed by atoms with Crippen LogP contribution in [0.5, 0.6) is 5.75 Å².